The summed E-state index contributed by atoms with van der Waals surface area (Å²) in [6.07, 6.45) is -3.53. The standard InChI is InChI=1S/C26H22N4O3S.C2HF3O2/c27-29-17-18-9-11-19(12-10-18)22-5-1-2-7-24(22)26(31)30-21-15-13-20(14-16-21)23-6-3-4-8-25(23)34(28,32)33;3-2(4,5)1(6)7/h1-17H,27H2,(H,30,31)(H2,28,32,33);(H,6,7). The molecule has 0 aromatic heterocycles. The Labute approximate surface area is 233 Å². The number of sulfonamides is 1. The third kappa shape index (κ3) is 8.24. The zero-order valence-electron chi connectivity index (χ0n) is 21.0. The summed E-state index contributed by atoms with van der Waals surface area (Å²) >= 11 is 0. The number of alkyl halides is 3. The van der Waals surface area contributed by atoms with Gasteiger partial charge in [0.05, 0.1) is 11.1 Å². The van der Waals surface area contributed by atoms with Crippen LogP contribution in [0.1, 0.15) is 15.9 Å². The predicted octanol–water partition coefficient (Wildman–Crippen LogP) is 4.85. The van der Waals surface area contributed by atoms with Crippen LogP contribution in [0.15, 0.2) is 107 Å². The van der Waals surface area contributed by atoms with Gasteiger partial charge in [-0.2, -0.15) is 18.3 Å². The average Bonchev–Trinajstić information content (AvgIpc) is 2.93. The molecular formula is C28H23F3N4O5S. The molecule has 0 heterocycles. The highest BCUT2D eigenvalue weighted by Crippen LogP contribution is 2.29. The van der Waals surface area contributed by atoms with E-state index in [-0.39, 0.29) is 10.8 Å². The highest BCUT2D eigenvalue weighted by atomic mass is 32.2. The lowest BCUT2D eigenvalue weighted by Crippen LogP contribution is -2.21. The summed E-state index contributed by atoms with van der Waals surface area (Å²) in [6.45, 7) is 0. The second-order valence-corrected chi connectivity index (χ2v) is 9.85. The largest absolute Gasteiger partial charge is 0.490 e. The van der Waals surface area contributed by atoms with Crippen molar-refractivity contribution in [2.75, 3.05) is 5.32 Å². The van der Waals surface area contributed by atoms with Gasteiger partial charge in [0.25, 0.3) is 5.91 Å². The Hall–Kier alpha value is -5.01. The first-order chi connectivity index (χ1) is 19.3. The monoisotopic (exact) mass is 584 g/mol. The van der Waals surface area contributed by atoms with Crippen LogP contribution in [0, 0.1) is 0 Å². The number of hydrogen-bond acceptors (Lipinski definition) is 6. The quantitative estimate of drug-likeness (QED) is 0.144. The molecule has 0 bridgehead atoms. The zero-order valence-corrected chi connectivity index (χ0v) is 21.9. The molecule has 0 unspecified atom stereocenters. The molecule has 0 atom stereocenters. The SMILES string of the molecule is NN=Cc1ccc(-c2ccccc2C(=O)Nc2ccc(-c3ccccc3S(N)(=O)=O)cc2)cc1.O=C(O)C(F)(F)F. The Morgan fingerprint density at radius 1 is 0.805 bits per heavy atom. The van der Waals surface area contributed by atoms with Gasteiger partial charge in [0.1, 0.15) is 0 Å². The number of carboxylic acids is 1. The lowest BCUT2D eigenvalue weighted by Gasteiger charge is -2.12. The summed E-state index contributed by atoms with van der Waals surface area (Å²) in [5, 5.41) is 18.9. The van der Waals surface area contributed by atoms with Gasteiger partial charge < -0.3 is 16.3 Å². The molecule has 41 heavy (non-hydrogen) atoms. The van der Waals surface area contributed by atoms with Gasteiger partial charge in [0, 0.05) is 16.8 Å². The van der Waals surface area contributed by atoms with Crippen molar-refractivity contribution in [3.05, 3.63) is 108 Å². The molecule has 4 aromatic carbocycles. The molecule has 9 nitrogen and oxygen atoms in total. The van der Waals surface area contributed by atoms with Gasteiger partial charge in [-0.15, -0.1) is 0 Å². The number of nitrogens with two attached hydrogens (primary N) is 2. The number of carbonyl (C=O) groups is 2. The smallest absolute Gasteiger partial charge is 0.475 e. The van der Waals surface area contributed by atoms with Crippen molar-refractivity contribution in [1.29, 1.82) is 0 Å². The Balaban J connectivity index is 0.000000587. The van der Waals surface area contributed by atoms with Crippen LogP contribution < -0.4 is 16.3 Å². The van der Waals surface area contributed by atoms with Crippen LogP contribution in [-0.4, -0.2) is 37.8 Å². The summed E-state index contributed by atoms with van der Waals surface area (Å²) in [5.41, 5.74) is 4.79. The molecule has 0 radical (unpaired) electrons. The summed E-state index contributed by atoms with van der Waals surface area (Å²) in [4.78, 5) is 22.0. The second kappa shape index (κ2) is 12.9. The van der Waals surface area contributed by atoms with E-state index in [0.29, 0.717) is 22.4 Å². The first kappa shape index (κ1) is 30.5. The topological polar surface area (TPSA) is 165 Å². The van der Waals surface area contributed by atoms with E-state index in [2.05, 4.69) is 10.4 Å². The molecule has 0 saturated carbocycles. The van der Waals surface area contributed by atoms with E-state index in [9.17, 15) is 26.4 Å². The fourth-order valence-corrected chi connectivity index (χ4v) is 4.41. The summed E-state index contributed by atoms with van der Waals surface area (Å²) < 4.78 is 55.5. The third-order valence-electron chi connectivity index (χ3n) is 5.51. The maximum atomic E-state index is 13.1. The van der Waals surface area contributed by atoms with Crippen molar-refractivity contribution < 1.29 is 36.3 Å². The number of aliphatic carboxylic acids is 1. The number of benzene rings is 4. The molecule has 0 spiro atoms. The van der Waals surface area contributed by atoms with Crippen LogP contribution in [0.4, 0.5) is 18.9 Å². The van der Waals surface area contributed by atoms with Gasteiger partial charge in [-0.05, 0) is 46.5 Å². The van der Waals surface area contributed by atoms with E-state index in [0.717, 1.165) is 16.7 Å². The van der Waals surface area contributed by atoms with Gasteiger partial charge in [0.15, 0.2) is 0 Å². The van der Waals surface area contributed by atoms with E-state index in [4.69, 9.17) is 20.9 Å². The highest BCUT2D eigenvalue weighted by Gasteiger charge is 2.38. The summed E-state index contributed by atoms with van der Waals surface area (Å²) in [7, 11) is -3.87. The Bertz CT molecular complexity index is 1670. The molecular weight excluding hydrogens is 561 g/mol. The van der Waals surface area contributed by atoms with E-state index in [1.807, 2.05) is 36.4 Å². The van der Waals surface area contributed by atoms with Crippen molar-refractivity contribution in [2.45, 2.75) is 11.1 Å². The first-order valence-corrected chi connectivity index (χ1v) is 13.1. The minimum atomic E-state index is -5.08. The Morgan fingerprint density at radius 3 is 1.83 bits per heavy atom. The van der Waals surface area contributed by atoms with Gasteiger partial charge in [0.2, 0.25) is 10.0 Å². The molecule has 4 rings (SSSR count). The highest BCUT2D eigenvalue weighted by molar-refractivity contribution is 7.89. The van der Waals surface area contributed by atoms with Gasteiger partial charge in [-0.1, -0.05) is 72.8 Å². The first-order valence-electron chi connectivity index (χ1n) is 11.6. The molecule has 1 amide bonds. The number of hydrogen-bond donors (Lipinski definition) is 4. The van der Waals surface area contributed by atoms with Crippen LogP contribution in [-0.2, 0) is 14.8 Å². The fraction of sp³-hybridized carbons (Fsp3) is 0.0357. The van der Waals surface area contributed by atoms with Crippen molar-refractivity contribution in [2.24, 2.45) is 16.1 Å². The van der Waals surface area contributed by atoms with Gasteiger partial charge in [-0.3, -0.25) is 4.79 Å². The molecule has 0 aliphatic heterocycles. The average molecular weight is 585 g/mol. The number of amides is 1. The number of nitrogens with one attached hydrogen (secondary N) is 1. The van der Waals surface area contributed by atoms with Crippen LogP contribution in [0.2, 0.25) is 0 Å². The van der Waals surface area contributed by atoms with Crippen molar-refractivity contribution in [3.8, 4) is 22.3 Å². The van der Waals surface area contributed by atoms with Crippen molar-refractivity contribution in [3.63, 3.8) is 0 Å². The third-order valence-corrected chi connectivity index (χ3v) is 6.48. The van der Waals surface area contributed by atoms with E-state index in [1.54, 1.807) is 60.8 Å². The lowest BCUT2D eigenvalue weighted by atomic mass is 9.98. The minimum Gasteiger partial charge on any atom is -0.475 e. The van der Waals surface area contributed by atoms with Crippen LogP contribution in [0.5, 0.6) is 0 Å². The van der Waals surface area contributed by atoms with Crippen LogP contribution >= 0.6 is 0 Å². The number of hydrazone groups is 1. The minimum absolute atomic E-state index is 0.0458. The maximum absolute atomic E-state index is 13.1. The van der Waals surface area contributed by atoms with Crippen molar-refractivity contribution >= 4 is 33.8 Å². The Kier molecular flexibility index (Phi) is 9.60. The number of carbonyl (C=O) groups excluding carboxylic acids is 1. The van der Waals surface area contributed by atoms with E-state index >= 15 is 0 Å². The molecule has 4 aromatic rings. The fourth-order valence-electron chi connectivity index (χ4n) is 3.65. The predicted molar refractivity (Wildman–Crippen MR) is 149 cm³/mol. The van der Waals surface area contributed by atoms with Crippen LogP contribution in [0.25, 0.3) is 22.3 Å². The zero-order chi connectivity index (χ0) is 30.2. The molecule has 13 heteroatoms. The summed E-state index contributed by atoms with van der Waals surface area (Å²) in [5.74, 6) is 2.18. The van der Waals surface area contributed by atoms with Crippen molar-refractivity contribution in [1.82, 2.24) is 0 Å². The van der Waals surface area contributed by atoms with Crippen LogP contribution in [0.3, 0.4) is 0 Å². The molecule has 0 aliphatic carbocycles. The van der Waals surface area contributed by atoms with Gasteiger partial charge >= 0.3 is 12.1 Å². The molecule has 0 fully saturated rings. The molecule has 0 saturated heterocycles. The maximum Gasteiger partial charge on any atom is 0.490 e. The number of primary sulfonamides is 1. The normalized spacial score (nSPS) is 11.4. The molecule has 212 valence electrons. The van der Waals surface area contributed by atoms with E-state index < -0.39 is 22.2 Å². The summed E-state index contributed by atoms with van der Waals surface area (Å²) in [6, 6.07) is 28.3. The van der Waals surface area contributed by atoms with Gasteiger partial charge in [-0.25, -0.2) is 18.4 Å². The molecule has 0 aliphatic rings. The molecule has 6 N–H and O–H groups in total. The number of carboxylic acid groups (broad SMARTS) is 1. The number of nitrogens with zero attached hydrogens (tertiary/aromatic N) is 1. The number of rotatable bonds is 6. The Morgan fingerprint density at radius 2 is 1.29 bits per heavy atom. The number of anilines is 1. The number of halogens is 3. The van der Waals surface area contributed by atoms with E-state index in [1.165, 1.54) is 6.07 Å². The lowest BCUT2D eigenvalue weighted by molar-refractivity contribution is -0.192. The second-order valence-electron chi connectivity index (χ2n) is 8.32.